The summed E-state index contributed by atoms with van der Waals surface area (Å²) in [6, 6.07) is 4.75. The first-order chi connectivity index (χ1) is 9.46. The number of nitrogens with zero attached hydrogens (tertiary/aromatic N) is 1. The van der Waals surface area contributed by atoms with Gasteiger partial charge in [-0.1, -0.05) is 0 Å². The first kappa shape index (κ1) is 13.3. The fourth-order valence-electron chi connectivity index (χ4n) is 2.44. The van der Waals surface area contributed by atoms with Crippen molar-refractivity contribution in [3.05, 3.63) is 28.7 Å². The van der Waals surface area contributed by atoms with Gasteiger partial charge in [-0.2, -0.15) is 4.31 Å². The van der Waals surface area contributed by atoms with E-state index in [1.807, 2.05) is 6.92 Å². The van der Waals surface area contributed by atoms with Crippen molar-refractivity contribution in [1.29, 1.82) is 0 Å². The molecule has 7 nitrogen and oxygen atoms in total. The zero-order chi connectivity index (χ0) is 14.3. The monoisotopic (exact) mass is 296 g/mol. The molecular weight excluding hydrogens is 280 g/mol. The molecular formula is C12H16N4O3S. The van der Waals surface area contributed by atoms with Crippen molar-refractivity contribution < 1.29 is 8.42 Å². The third kappa shape index (κ3) is 2.26. The Morgan fingerprint density at radius 2 is 2.00 bits per heavy atom. The molecule has 0 spiro atoms. The molecule has 3 N–H and O–H groups in total. The number of fused-ring (bicyclic) bond motifs is 1. The minimum atomic E-state index is -3.52. The zero-order valence-corrected chi connectivity index (χ0v) is 11.8. The molecule has 0 bridgehead atoms. The predicted octanol–water partition coefficient (Wildman–Crippen LogP) is -0.161. The first-order valence-electron chi connectivity index (χ1n) is 6.42. The SMILES string of the molecule is CC1CN(S(=O)(=O)c2ccc3[nH]c(=O)[nH]c3c2)CCN1. The summed E-state index contributed by atoms with van der Waals surface area (Å²) < 4.78 is 26.6. The number of nitrogens with one attached hydrogen (secondary N) is 3. The summed E-state index contributed by atoms with van der Waals surface area (Å²) in [4.78, 5) is 16.6. The summed E-state index contributed by atoms with van der Waals surface area (Å²) in [5.74, 6) is 0. The summed E-state index contributed by atoms with van der Waals surface area (Å²) in [5, 5.41) is 3.21. The number of hydrogen-bond acceptors (Lipinski definition) is 4. The maximum absolute atomic E-state index is 12.6. The Morgan fingerprint density at radius 3 is 2.75 bits per heavy atom. The van der Waals surface area contributed by atoms with E-state index in [4.69, 9.17) is 0 Å². The van der Waals surface area contributed by atoms with Gasteiger partial charge in [-0.3, -0.25) is 0 Å². The van der Waals surface area contributed by atoms with Crippen molar-refractivity contribution >= 4 is 21.1 Å². The van der Waals surface area contributed by atoms with Crippen LogP contribution in [-0.4, -0.2) is 48.4 Å². The number of hydrogen-bond donors (Lipinski definition) is 3. The molecule has 1 fully saturated rings. The topological polar surface area (TPSA) is 98.1 Å². The highest BCUT2D eigenvalue weighted by atomic mass is 32.2. The van der Waals surface area contributed by atoms with Gasteiger partial charge in [0.25, 0.3) is 0 Å². The fraction of sp³-hybridized carbons (Fsp3) is 0.417. The molecule has 0 amide bonds. The lowest BCUT2D eigenvalue weighted by atomic mass is 10.3. The van der Waals surface area contributed by atoms with Gasteiger partial charge in [0.05, 0.1) is 15.9 Å². The molecule has 1 aliphatic rings. The van der Waals surface area contributed by atoms with Crippen LogP contribution in [0.5, 0.6) is 0 Å². The summed E-state index contributed by atoms with van der Waals surface area (Å²) in [6.45, 7) is 3.50. The molecule has 0 saturated carbocycles. The molecule has 1 aromatic heterocycles. The van der Waals surface area contributed by atoms with E-state index in [1.54, 1.807) is 6.07 Å². The predicted molar refractivity (Wildman–Crippen MR) is 75.1 cm³/mol. The highest BCUT2D eigenvalue weighted by Gasteiger charge is 2.28. The number of aromatic amines is 2. The van der Waals surface area contributed by atoms with Crippen LogP contribution < -0.4 is 11.0 Å². The number of sulfonamides is 1. The third-order valence-electron chi connectivity index (χ3n) is 3.46. The molecule has 1 unspecified atom stereocenters. The highest BCUT2D eigenvalue weighted by molar-refractivity contribution is 7.89. The molecule has 1 atom stereocenters. The molecule has 8 heteroatoms. The minimum Gasteiger partial charge on any atom is -0.312 e. The van der Waals surface area contributed by atoms with Crippen LogP contribution in [0.4, 0.5) is 0 Å². The van der Waals surface area contributed by atoms with Crippen LogP contribution in [0.3, 0.4) is 0 Å². The minimum absolute atomic E-state index is 0.134. The van der Waals surface area contributed by atoms with Crippen LogP contribution >= 0.6 is 0 Å². The number of H-pyrrole nitrogens is 2. The van der Waals surface area contributed by atoms with Gasteiger partial charge >= 0.3 is 5.69 Å². The van der Waals surface area contributed by atoms with Crippen LogP contribution in [0.1, 0.15) is 6.92 Å². The molecule has 1 aliphatic heterocycles. The molecule has 0 radical (unpaired) electrons. The Labute approximate surface area is 116 Å². The lowest BCUT2D eigenvalue weighted by molar-refractivity contribution is 0.310. The second-order valence-electron chi connectivity index (χ2n) is 5.00. The van der Waals surface area contributed by atoms with Crippen molar-refractivity contribution in [2.75, 3.05) is 19.6 Å². The second kappa shape index (κ2) is 4.72. The summed E-state index contributed by atoms with van der Waals surface area (Å²) in [7, 11) is -3.52. The lowest BCUT2D eigenvalue weighted by Gasteiger charge is -2.30. The van der Waals surface area contributed by atoms with E-state index in [0.29, 0.717) is 30.7 Å². The summed E-state index contributed by atoms with van der Waals surface area (Å²) in [5.41, 5.74) is 0.757. The van der Waals surface area contributed by atoms with Crippen LogP contribution in [0.15, 0.2) is 27.9 Å². The van der Waals surface area contributed by atoms with Crippen LogP contribution in [0.25, 0.3) is 11.0 Å². The number of rotatable bonds is 2. The smallest absolute Gasteiger partial charge is 0.312 e. The van der Waals surface area contributed by atoms with E-state index in [1.165, 1.54) is 16.4 Å². The second-order valence-corrected chi connectivity index (χ2v) is 6.94. The first-order valence-corrected chi connectivity index (χ1v) is 7.86. The van der Waals surface area contributed by atoms with Gasteiger partial charge in [0.2, 0.25) is 10.0 Å². The van der Waals surface area contributed by atoms with Gasteiger partial charge in [0, 0.05) is 25.7 Å². The van der Waals surface area contributed by atoms with Crippen molar-refractivity contribution in [2.45, 2.75) is 17.9 Å². The van der Waals surface area contributed by atoms with Crippen molar-refractivity contribution in [3.8, 4) is 0 Å². The van der Waals surface area contributed by atoms with Crippen LogP contribution in [0.2, 0.25) is 0 Å². The maximum Gasteiger partial charge on any atom is 0.323 e. The zero-order valence-electron chi connectivity index (χ0n) is 11.0. The standard InChI is InChI=1S/C12H16N4O3S/c1-8-7-16(5-4-13-8)20(18,19)9-2-3-10-11(6-9)15-12(17)14-10/h2-3,6,8,13H,4-5,7H2,1H3,(H2,14,15,17). The lowest BCUT2D eigenvalue weighted by Crippen LogP contribution is -2.51. The summed E-state index contributed by atoms with van der Waals surface area (Å²) >= 11 is 0. The van der Waals surface area contributed by atoms with Gasteiger partial charge in [0.15, 0.2) is 0 Å². The average molecular weight is 296 g/mol. The molecule has 2 aromatic rings. The average Bonchev–Trinajstić information content (AvgIpc) is 2.77. The van der Waals surface area contributed by atoms with E-state index in [9.17, 15) is 13.2 Å². The normalized spacial score (nSPS) is 21.4. The number of piperazine rings is 1. The van der Waals surface area contributed by atoms with E-state index in [2.05, 4.69) is 15.3 Å². The largest absolute Gasteiger partial charge is 0.323 e. The number of imidazole rings is 1. The molecule has 0 aliphatic carbocycles. The Hall–Kier alpha value is -1.64. The Kier molecular flexibility index (Phi) is 3.15. The van der Waals surface area contributed by atoms with Crippen LogP contribution in [0, 0.1) is 0 Å². The van der Waals surface area contributed by atoms with E-state index >= 15 is 0 Å². The maximum atomic E-state index is 12.6. The molecule has 1 saturated heterocycles. The quantitative estimate of drug-likeness (QED) is 0.717. The van der Waals surface area contributed by atoms with Gasteiger partial charge < -0.3 is 15.3 Å². The summed E-state index contributed by atoms with van der Waals surface area (Å²) in [6.07, 6.45) is 0. The van der Waals surface area contributed by atoms with Crippen molar-refractivity contribution in [1.82, 2.24) is 19.6 Å². The Balaban J connectivity index is 2.01. The van der Waals surface area contributed by atoms with Crippen molar-refractivity contribution in [2.24, 2.45) is 0 Å². The fourth-order valence-corrected chi connectivity index (χ4v) is 3.99. The van der Waals surface area contributed by atoms with Gasteiger partial charge in [0.1, 0.15) is 0 Å². The van der Waals surface area contributed by atoms with Gasteiger partial charge in [-0.05, 0) is 25.1 Å². The Bertz CT molecular complexity index is 792. The number of aromatic nitrogens is 2. The Morgan fingerprint density at radius 1 is 1.25 bits per heavy atom. The van der Waals surface area contributed by atoms with Gasteiger partial charge in [-0.15, -0.1) is 0 Å². The van der Waals surface area contributed by atoms with E-state index in [-0.39, 0.29) is 16.6 Å². The highest BCUT2D eigenvalue weighted by Crippen LogP contribution is 2.20. The van der Waals surface area contributed by atoms with Crippen molar-refractivity contribution in [3.63, 3.8) is 0 Å². The molecule has 20 heavy (non-hydrogen) atoms. The molecule has 3 rings (SSSR count). The van der Waals surface area contributed by atoms with Gasteiger partial charge in [-0.25, -0.2) is 13.2 Å². The number of benzene rings is 1. The molecule has 108 valence electrons. The molecule has 1 aromatic carbocycles. The van der Waals surface area contributed by atoms with E-state index < -0.39 is 10.0 Å². The van der Waals surface area contributed by atoms with E-state index in [0.717, 1.165) is 0 Å². The third-order valence-corrected chi connectivity index (χ3v) is 5.32. The van der Waals surface area contributed by atoms with Crippen LogP contribution in [-0.2, 0) is 10.0 Å². The molecule has 2 heterocycles.